The van der Waals surface area contributed by atoms with Crippen LogP contribution in [0, 0.1) is 0 Å². The first-order valence-electron chi connectivity index (χ1n) is 7.31. The van der Waals surface area contributed by atoms with Crippen molar-refractivity contribution in [3.63, 3.8) is 0 Å². The van der Waals surface area contributed by atoms with Crippen molar-refractivity contribution in [2.75, 3.05) is 0 Å². The van der Waals surface area contributed by atoms with Crippen LogP contribution in [0.25, 0.3) is 0 Å². The fourth-order valence-electron chi connectivity index (χ4n) is 2.55. The first-order chi connectivity index (χ1) is 10.7. The van der Waals surface area contributed by atoms with E-state index in [1.54, 1.807) is 4.68 Å². The SMILES string of the molecule is O=C(NC1CC1)c1nnn2c1CO[C@H](c1ccc(Cl)cc1)C2. The zero-order valence-electron chi connectivity index (χ0n) is 11.8. The molecule has 2 heterocycles. The minimum Gasteiger partial charge on any atom is -0.365 e. The van der Waals surface area contributed by atoms with Gasteiger partial charge in [0.1, 0.15) is 6.10 Å². The first kappa shape index (κ1) is 13.7. The van der Waals surface area contributed by atoms with Crippen LogP contribution >= 0.6 is 11.6 Å². The molecule has 1 aromatic heterocycles. The van der Waals surface area contributed by atoms with E-state index in [9.17, 15) is 4.79 Å². The number of ether oxygens (including phenoxy) is 1. The summed E-state index contributed by atoms with van der Waals surface area (Å²) in [6.07, 6.45) is 1.99. The highest BCUT2D eigenvalue weighted by Gasteiger charge is 2.30. The second kappa shape index (κ2) is 5.37. The van der Waals surface area contributed by atoms with Crippen LogP contribution in [0.4, 0.5) is 0 Å². The second-order valence-corrected chi connectivity index (χ2v) is 6.10. The standard InChI is InChI=1S/C15H15ClN4O2/c16-10-3-1-9(2-4-10)13-7-20-12(8-22-13)14(18-19-20)15(21)17-11-5-6-11/h1-4,11,13H,5-8H2,(H,17,21)/t13-/m0/s1. The van der Waals surface area contributed by atoms with Crippen molar-refractivity contribution in [1.29, 1.82) is 0 Å². The Morgan fingerprint density at radius 2 is 2.09 bits per heavy atom. The van der Waals surface area contributed by atoms with E-state index in [0.717, 1.165) is 24.1 Å². The molecule has 0 saturated heterocycles. The van der Waals surface area contributed by atoms with Crippen LogP contribution in [-0.4, -0.2) is 26.9 Å². The molecule has 1 fully saturated rings. The van der Waals surface area contributed by atoms with Gasteiger partial charge in [-0.1, -0.05) is 28.9 Å². The van der Waals surface area contributed by atoms with E-state index in [-0.39, 0.29) is 12.0 Å². The quantitative estimate of drug-likeness (QED) is 0.941. The van der Waals surface area contributed by atoms with Crippen LogP contribution in [0.15, 0.2) is 24.3 Å². The molecule has 1 saturated carbocycles. The van der Waals surface area contributed by atoms with Crippen molar-refractivity contribution < 1.29 is 9.53 Å². The Morgan fingerprint density at radius 3 is 2.82 bits per heavy atom. The topological polar surface area (TPSA) is 69.0 Å². The maximum absolute atomic E-state index is 12.1. The van der Waals surface area contributed by atoms with Crippen LogP contribution in [0.5, 0.6) is 0 Å². The normalized spacial score (nSPS) is 20.5. The van der Waals surface area contributed by atoms with Gasteiger partial charge in [0.2, 0.25) is 0 Å². The Kier molecular flexibility index (Phi) is 3.35. The second-order valence-electron chi connectivity index (χ2n) is 5.67. The number of fused-ring (bicyclic) bond motifs is 1. The molecule has 4 rings (SSSR count). The van der Waals surface area contributed by atoms with Gasteiger partial charge in [-0.05, 0) is 30.5 Å². The highest BCUT2D eigenvalue weighted by atomic mass is 35.5. The van der Waals surface area contributed by atoms with E-state index >= 15 is 0 Å². The number of carbonyl (C=O) groups is 1. The van der Waals surface area contributed by atoms with Gasteiger partial charge in [0.25, 0.3) is 5.91 Å². The third kappa shape index (κ3) is 2.60. The van der Waals surface area contributed by atoms with Gasteiger partial charge in [0.05, 0.1) is 18.8 Å². The largest absolute Gasteiger partial charge is 0.365 e. The molecule has 1 amide bonds. The van der Waals surface area contributed by atoms with Gasteiger partial charge in [-0.3, -0.25) is 4.79 Å². The van der Waals surface area contributed by atoms with Crippen molar-refractivity contribution >= 4 is 17.5 Å². The molecule has 0 bridgehead atoms. The molecular weight excluding hydrogens is 304 g/mol. The molecule has 1 atom stereocenters. The lowest BCUT2D eigenvalue weighted by Crippen LogP contribution is -2.28. The van der Waals surface area contributed by atoms with Crippen LogP contribution in [0.2, 0.25) is 5.02 Å². The van der Waals surface area contributed by atoms with E-state index in [4.69, 9.17) is 16.3 Å². The summed E-state index contributed by atoms with van der Waals surface area (Å²) in [4.78, 5) is 12.1. The van der Waals surface area contributed by atoms with E-state index in [0.29, 0.717) is 29.9 Å². The van der Waals surface area contributed by atoms with E-state index in [1.807, 2.05) is 24.3 Å². The summed E-state index contributed by atoms with van der Waals surface area (Å²) in [6.45, 7) is 0.869. The van der Waals surface area contributed by atoms with Crippen LogP contribution < -0.4 is 5.32 Å². The van der Waals surface area contributed by atoms with Crippen molar-refractivity contribution in [2.45, 2.75) is 38.1 Å². The zero-order valence-corrected chi connectivity index (χ0v) is 12.6. The number of hydrogen-bond donors (Lipinski definition) is 1. The maximum atomic E-state index is 12.1. The van der Waals surface area contributed by atoms with Gasteiger partial charge in [0, 0.05) is 11.1 Å². The van der Waals surface area contributed by atoms with Crippen molar-refractivity contribution in [1.82, 2.24) is 20.3 Å². The third-order valence-electron chi connectivity index (χ3n) is 3.97. The zero-order chi connectivity index (χ0) is 15.1. The number of aromatic nitrogens is 3. The Labute approximate surface area is 132 Å². The number of hydrogen-bond acceptors (Lipinski definition) is 4. The highest BCUT2D eigenvalue weighted by molar-refractivity contribution is 6.30. The smallest absolute Gasteiger partial charge is 0.274 e. The average Bonchev–Trinajstić information content (AvgIpc) is 3.23. The van der Waals surface area contributed by atoms with Crippen molar-refractivity contribution in [2.24, 2.45) is 0 Å². The predicted molar refractivity (Wildman–Crippen MR) is 79.5 cm³/mol. The summed E-state index contributed by atoms with van der Waals surface area (Å²) in [5.74, 6) is -0.155. The fraction of sp³-hybridized carbons (Fsp3) is 0.400. The molecule has 1 aliphatic carbocycles. The minimum absolute atomic E-state index is 0.106. The minimum atomic E-state index is -0.155. The monoisotopic (exact) mass is 318 g/mol. The summed E-state index contributed by atoms with van der Waals surface area (Å²) in [5.41, 5.74) is 2.15. The number of nitrogens with zero attached hydrogens (tertiary/aromatic N) is 3. The number of nitrogens with one attached hydrogen (secondary N) is 1. The van der Waals surface area contributed by atoms with Crippen LogP contribution in [0.3, 0.4) is 0 Å². The molecule has 22 heavy (non-hydrogen) atoms. The molecular formula is C15H15ClN4O2. The van der Waals surface area contributed by atoms with Crippen molar-refractivity contribution in [3.05, 3.63) is 46.2 Å². The summed E-state index contributed by atoms with van der Waals surface area (Å²) >= 11 is 5.90. The number of rotatable bonds is 3. The Bertz CT molecular complexity index is 709. The van der Waals surface area contributed by atoms with Crippen molar-refractivity contribution in [3.8, 4) is 0 Å². The molecule has 2 aliphatic rings. The fourth-order valence-corrected chi connectivity index (χ4v) is 2.67. The molecule has 1 aliphatic heterocycles. The summed E-state index contributed by atoms with van der Waals surface area (Å²) < 4.78 is 7.63. The Morgan fingerprint density at radius 1 is 1.32 bits per heavy atom. The van der Waals surface area contributed by atoms with E-state index < -0.39 is 0 Å². The lowest BCUT2D eigenvalue weighted by molar-refractivity contribution is -0.00177. The number of carbonyl (C=O) groups excluding carboxylic acids is 1. The number of benzene rings is 1. The van der Waals surface area contributed by atoms with Gasteiger partial charge in [0.15, 0.2) is 5.69 Å². The predicted octanol–water partition coefficient (Wildman–Crippen LogP) is 2.10. The van der Waals surface area contributed by atoms with Gasteiger partial charge in [-0.2, -0.15) is 0 Å². The summed E-state index contributed by atoms with van der Waals surface area (Å²) in [6, 6.07) is 7.86. The maximum Gasteiger partial charge on any atom is 0.274 e. The summed E-state index contributed by atoms with van der Waals surface area (Å²) in [7, 11) is 0. The van der Waals surface area contributed by atoms with E-state index in [2.05, 4.69) is 15.6 Å². The molecule has 0 unspecified atom stereocenters. The van der Waals surface area contributed by atoms with Crippen LogP contribution in [0.1, 0.15) is 40.7 Å². The molecule has 6 nitrogen and oxygen atoms in total. The van der Waals surface area contributed by atoms with Gasteiger partial charge >= 0.3 is 0 Å². The first-order valence-corrected chi connectivity index (χ1v) is 7.69. The number of halogens is 1. The third-order valence-corrected chi connectivity index (χ3v) is 4.22. The molecule has 0 radical (unpaired) electrons. The summed E-state index contributed by atoms with van der Waals surface area (Å²) in [5, 5.41) is 11.7. The average molecular weight is 319 g/mol. The van der Waals surface area contributed by atoms with Gasteiger partial charge in [-0.15, -0.1) is 5.10 Å². The molecule has 7 heteroatoms. The van der Waals surface area contributed by atoms with Gasteiger partial charge < -0.3 is 10.1 Å². The lowest BCUT2D eigenvalue weighted by Gasteiger charge is -2.24. The molecule has 0 spiro atoms. The number of amides is 1. The molecule has 1 aromatic carbocycles. The molecule has 114 valence electrons. The van der Waals surface area contributed by atoms with Crippen LogP contribution in [-0.2, 0) is 17.9 Å². The van der Waals surface area contributed by atoms with E-state index in [1.165, 1.54) is 0 Å². The lowest BCUT2D eigenvalue weighted by atomic mass is 10.1. The highest BCUT2D eigenvalue weighted by Crippen LogP contribution is 2.28. The molecule has 2 aromatic rings. The molecule has 1 N–H and O–H groups in total. The Balaban J connectivity index is 1.53. The Hall–Kier alpha value is -1.92. The van der Waals surface area contributed by atoms with Gasteiger partial charge in [-0.25, -0.2) is 4.68 Å².